The van der Waals surface area contributed by atoms with Crippen LogP contribution in [0.5, 0.6) is 5.75 Å². The first-order valence-electron chi connectivity index (χ1n) is 5.25. The minimum Gasteiger partial charge on any atom is -0.505 e. The maximum atomic E-state index is 10.7. The predicted molar refractivity (Wildman–Crippen MR) is 56.7 cm³/mol. The van der Waals surface area contributed by atoms with E-state index in [9.17, 15) is 9.90 Å². The number of hydrogen-bond donors (Lipinski definition) is 3. The number of rotatable bonds is 1. The lowest BCUT2D eigenvalue weighted by Gasteiger charge is -2.33. The molecule has 7 heteroatoms. The van der Waals surface area contributed by atoms with E-state index in [1.165, 1.54) is 17.3 Å². The van der Waals surface area contributed by atoms with Gasteiger partial charge in [0.1, 0.15) is 5.82 Å². The first-order chi connectivity index (χ1) is 8.08. The molecular formula is C10H13N3O4. The summed E-state index contributed by atoms with van der Waals surface area (Å²) in [5.74, 6) is 0.109. The minimum atomic E-state index is -1.03. The van der Waals surface area contributed by atoms with E-state index in [4.69, 9.17) is 10.2 Å². The lowest BCUT2D eigenvalue weighted by Crippen LogP contribution is -2.45. The van der Waals surface area contributed by atoms with Crippen LogP contribution in [-0.2, 0) is 0 Å². The van der Waals surface area contributed by atoms with Crippen molar-refractivity contribution in [3.63, 3.8) is 0 Å². The van der Waals surface area contributed by atoms with Crippen molar-refractivity contribution in [3.8, 4) is 5.75 Å². The average Bonchev–Trinajstić information content (AvgIpc) is 2.30. The fourth-order valence-corrected chi connectivity index (χ4v) is 1.93. The lowest BCUT2D eigenvalue weighted by atomic mass is 9.93. The second-order valence-corrected chi connectivity index (χ2v) is 3.99. The zero-order valence-electron chi connectivity index (χ0n) is 9.02. The molecule has 2 rings (SSSR count). The highest BCUT2D eigenvalue weighted by Crippen LogP contribution is 2.26. The minimum absolute atomic E-state index is 0.0359. The number of aliphatic hydroxyl groups is 1. The van der Waals surface area contributed by atoms with Gasteiger partial charge in [-0.15, -0.1) is 0 Å². The lowest BCUT2D eigenvalue weighted by molar-refractivity contribution is 0.0481. The molecule has 1 amide bonds. The number of piperidine rings is 1. The van der Waals surface area contributed by atoms with E-state index >= 15 is 0 Å². The predicted octanol–water partition coefficient (Wildman–Crippen LogP) is 0.0104. The van der Waals surface area contributed by atoms with Crippen LogP contribution in [0.15, 0.2) is 12.4 Å². The maximum absolute atomic E-state index is 10.7. The first-order valence-corrected chi connectivity index (χ1v) is 5.25. The fraction of sp³-hybridized carbons (Fsp3) is 0.500. The molecule has 1 aliphatic rings. The number of β-amino-alcohol motifs (C(OH)–C–C–N with tert-alkyl or cyclic N) is 1. The Balaban J connectivity index is 2.09. The van der Waals surface area contributed by atoms with Crippen LogP contribution in [-0.4, -0.2) is 55.5 Å². The SMILES string of the molecule is O=C(O)N1CCC(c2ncc(O)cn2)C(O)C1. The number of aliphatic hydroxyl groups excluding tert-OH is 1. The smallest absolute Gasteiger partial charge is 0.407 e. The van der Waals surface area contributed by atoms with Crippen LogP contribution in [0.4, 0.5) is 4.79 Å². The van der Waals surface area contributed by atoms with Crippen molar-refractivity contribution >= 4 is 6.09 Å². The van der Waals surface area contributed by atoms with Crippen LogP contribution >= 0.6 is 0 Å². The quantitative estimate of drug-likeness (QED) is 0.637. The summed E-state index contributed by atoms with van der Waals surface area (Å²) >= 11 is 0. The van der Waals surface area contributed by atoms with Crippen LogP contribution in [0.25, 0.3) is 0 Å². The van der Waals surface area contributed by atoms with E-state index in [-0.39, 0.29) is 18.2 Å². The van der Waals surface area contributed by atoms with Crippen molar-refractivity contribution in [2.75, 3.05) is 13.1 Å². The molecule has 1 aliphatic heterocycles. The Morgan fingerprint density at radius 3 is 2.59 bits per heavy atom. The molecule has 0 radical (unpaired) electrons. The summed E-state index contributed by atoms with van der Waals surface area (Å²) in [4.78, 5) is 19.8. The Morgan fingerprint density at radius 2 is 2.06 bits per heavy atom. The van der Waals surface area contributed by atoms with Gasteiger partial charge in [-0.3, -0.25) is 0 Å². The number of carboxylic acid groups (broad SMARTS) is 1. The summed E-state index contributed by atoms with van der Waals surface area (Å²) in [6.45, 7) is 0.408. The molecule has 0 aromatic carbocycles. The summed E-state index contributed by atoms with van der Waals surface area (Å²) in [5, 5.41) is 27.7. The molecule has 7 nitrogen and oxygen atoms in total. The van der Waals surface area contributed by atoms with Crippen LogP contribution in [0.2, 0.25) is 0 Å². The third kappa shape index (κ3) is 2.44. The first kappa shape index (κ1) is 11.6. The van der Waals surface area contributed by atoms with Crippen LogP contribution in [0.3, 0.4) is 0 Å². The Hall–Kier alpha value is -1.89. The molecule has 92 valence electrons. The monoisotopic (exact) mass is 239 g/mol. The van der Waals surface area contributed by atoms with Crippen LogP contribution in [0, 0.1) is 0 Å². The zero-order chi connectivity index (χ0) is 12.4. The van der Waals surface area contributed by atoms with Gasteiger partial charge in [-0.05, 0) is 6.42 Å². The standard InChI is InChI=1S/C10H13N3O4/c14-6-3-11-9(12-4-6)7-1-2-13(10(16)17)5-8(7)15/h3-4,7-8,14-15H,1-2,5H2,(H,16,17). The molecule has 1 aromatic heterocycles. The molecule has 0 aliphatic carbocycles. The summed E-state index contributed by atoms with van der Waals surface area (Å²) in [7, 11) is 0. The molecule has 1 fully saturated rings. The Bertz CT molecular complexity index is 409. The van der Waals surface area contributed by atoms with Crippen molar-refractivity contribution in [3.05, 3.63) is 18.2 Å². The van der Waals surface area contributed by atoms with Gasteiger partial charge in [-0.2, -0.15) is 0 Å². The molecule has 17 heavy (non-hydrogen) atoms. The largest absolute Gasteiger partial charge is 0.505 e. The molecule has 0 saturated carbocycles. The van der Waals surface area contributed by atoms with E-state index in [0.717, 1.165) is 0 Å². The van der Waals surface area contributed by atoms with E-state index in [0.29, 0.717) is 18.8 Å². The molecule has 1 saturated heterocycles. The molecule has 0 bridgehead atoms. The fourth-order valence-electron chi connectivity index (χ4n) is 1.93. The highest BCUT2D eigenvalue weighted by atomic mass is 16.4. The third-order valence-electron chi connectivity index (χ3n) is 2.84. The van der Waals surface area contributed by atoms with Crippen molar-refractivity contribution in [2.24, 2.45) is 0 Å². The highest BCUT2D eigenvalue weighted by Gasteiger charge is 2.32. The van der Waals surface area contributed by atoms with Gasteiger partial charge in [0.05, 0.1) is 25.0 Å². The summed E-state index contributed by atoms with van der Waals surface area (Å²) in [5.41, 5.74) is 0. The molecule has 2 heterocycles. The van der Waals surface area contributed by atoms with Crippen molar-refractivity contribution in [1.29, 1.82) is 0 Å². The normalized spacial score (nSPS) is 24.6. The molecule has 0 spiro atoms. The van der Waals surface area contributed by atoms with Gasteiger partial charge in [0.15, 0.2) is 5.75 Å². The van der Waals surface area contributed by atoms with E-state index in [1.54, 1.807) is 0 Å². The third-order valence-corrected chi connectivity index (χ3v) is 2.84. The summed E-state index contributed by atoms with van der Waals surface area (Å²) in [6.07, 6.45) is 1.15. The Morgan fingerprint density at radius 1 is 1.41 bits per heavy atom. The molecule has 1 aromatic rings. The highest BCUT2D eigenvalue weighted by molar-refractivity contribution is 5.65. The zero-order valence-corrected chi connectivity index (χ0v) is 9.02. The van der Waals surface area contributed by atoms with E-state index < -0.39 is 12.2 Å². The number of aromatic hydroxyl groups is 1. The van der Waals surface area contributed by atoms with Crippen molar-refractivity contribution < 1.29 is 20.1 Å². The van der Waals surface area contributed by atoms with Gasteiger partial charge in [0.25, 0.3) is 0 Å². The second-order valence-electron chi connectivity index (χ2n) is 3.99. The van der Waals surface area contributed by atoms with Crippen molar-refractivity contribution in [2.45, 2.75) is 18.4 Å². The number of aromatic nitrogens is 2. The molecular weight excluding hydrogens is 226 g/mol. The van der Waals surface area contributed by atoms with E-state index in [2.05, 4.69) is 9.97 Å². The number of hydrogen-bond acceptors (Lipinski definition) is 5. The average molecular weight is 239 g/mol. The van der Waals surface area contributed by atoms with Gasteiger partial charge < -0.3 is 20.2 Å². The molecule has 2 atom stereocenters. The van der Waals surface area contributed by atoms with Gasteiger partial charge in [0, 0.05) is 12.5 Å². The van der Waals surface area contributed by atoms with Gasteiger partial charge in [0.2, 0.25) is 0 Å². The van der Waals surface area contributed by atoms with Gasteiger partial charge in [-0.25, -0.2) is 14.8 Å². The summed E-state index contributed by atoms with van der Waals surface area (Å²) in [6, 6.07) is 0. The second kappa shape index (κ2) is 4.54. The van der Waals surface area contributed by atoms with E-state index in [1.807, 2.05) is 0 Å². The van der Waals surface area contributed by atoms with Crippen LogP contribution in [0.1, 0.15) is 18.2 Å². The molecule has 2 unspecified atom stereocenters. The number of likely N-dealkylation sites (tertiary alicyclic amines) is 1. The number of amides is 1. The van der Waals surface area contributed by atoms with Crippen LogP contribution < -0.4 is 0 Å². The molecule has 3 N–H and O–H groups in total. The topological polar surface area (TPSA) is 107 Å². The van der Waals surface area contributed by atoms with Gasteiger partial charge >= 0.3 is 6.09 Å². The Kier molecular flexibility index (Phi) is 3.10. The Labute approximate surface area is 97.4 Å². The summed E-state index contributed by atoms with van der Waals surface area (Å²) < 4.78 is 0. The van der Waals surface area contributed by atoms with Crippen molar-refractivity contribution in [1.82, 2.24) is 14.9 Å². The number of nitrogens with zero attached hydrogens (tertiary/aromatic N) is 3. The van der Waals surface area contributed by atoms with Gasteiger partial charge in [-0.1, -0.05) is 0 Å². The number of carbonyl (C=O) groups is 1. The maximum Gasteiger partial charge on any atom is 0.407 e.